The monoisotopic (exact) mass is 353 g/mol. The van der Waals surface area contributed by atoms with Crippen LogP contribution in [-0.2, 0) is 19.1 Å². The summed E-state index contributed by atoms with van der Waals surface area (Å²) in [5.41, 5.74) is -0.620. The molecule has 2 amide bonds. The smallest absolute Gasteiger partial charge is 0.311 e. The van der Waals surface area contributed by atoms with Crippen molar-refractivity contribution in [2.45, 2.75) is 46.8 Å². The maximum Gasteiger partial charge on any atom is 0.311 e. The Bertz CT molecular complexity index is 535. The molecule has 2 rings (SSSR count). The number of carbonyl (C=O) groups is 3. The van der Waals surface area contributed by atoms with Crippen molar-refractivity contribution in [2.24, 2.45) is 17.3 Å². The highest BCUT2D eigenvalue weighted by Gasteiger charge is 2.50. The van der Waals surface area contributed by atoms with Crippen molar-refractivity contribution in [2.75, 3.05) is 33.2 Å². The van der Waals surface area contributed by atoms with Crippen LogP contribution in [0.2, 0.25) is 0 Å². The number of piperazine rings is 1. The average molecular weight is 353 g/mol. The van der Waals surface area contributed by atoms with Gasteiger partial charge in [0.1, 0.15) is 6.10 Å². The first-order chi connectivity index (χ1) is 11.5. The molecule has 0 aromatic carbocycles. The zero-order valence-electron chi connectivity index (χ0n) is 16.2. The largest absolute Gasteiger partial charge is 0.461 e. The fourth-order valence-corrected chi connectivity index (χ4v) is 3.25. The van der Waals surface area contributed by atoms with Crippen molar-refractivity contribution >= 4 is 17.8 Å². The Morgan fingerprint density at radius 2 is 1.72 bits per heavy atom. The number of amides is 2. The summed E-state index contributed by atoms with van der Waals surface area (Å²) in [6.45, 7) is 12.0. The van der Waals surface area contributed by atoms with Gasteiger partial charge in [0.2, 0.25) is 11.8 Å². The first-order valence-electron chi connectivity index (χ1n) is 9.01. The van der Waals surface area contributed by atoms with E-state index in [0.29, 0.717) is 13.1 Å². The van der Waals surface area contributed by atoms with Gasteiger partial charge in [0.05, 0.1) is 23.3 Å². The second kappa shape index (κ2) is 7.32. The summed E-state index contributed by atoms with van der Waals surface area (Å²) in [7, 11) is 2.04. The van der Waals surface area contributed by atoms with Crippen LogP contribution in [0.25, 0.3) is 0 Å². The molecule has 0 aliphatic carbocycles. The second-order valence-electron chi connectivity index (χ2n) is 8.34. The van der Waals surface area contributed by atoms with Crippen LogP contribution in [-0.4, -0.2) is 73.0 Å². The zero-order chi connectivity index (χ0) is 18.9. The maximum atomic E-state index is 12.7. The summed E-state index contributed by atoms with van der Waals surface area (Å²) in [6.07, 6.45) is -0.548. The van der Waals surface area contributed by atoms with Crippen molar-refractivity contribution in [3.63, 3.8) is 0 Å². The number of rotatable bonds is 4. The van der Waals surface area contributed by atoms with E-state index in [0.717, 1.165) is 13.1 Å². The van der Waals surface area contributed by atoms with Gasteiger partial charge in [-0.1, -0.05) is 6.92 Å². The average Bonchev–Trinajstić information content (AvgIpc) is 2.50. The molecule has 2 heterocycles. The number of ether oxygens (including phenoxy) is 1. The van der Waals surface area contributed by atoms with Crippen LogP contribution in [0.4, 0.5) is 0 Å². The molecule has 2 saturated heterocycles. The van der Waals surface area contributed by atoms with E-state index in [1.807, 2.05) is 18.9 Å². The predicted octanol–water partition coefficient (Wildman–Crippen LogP) is 0.489. The highest BCUT2D eigenvalue weighted by Crippen LogP contribution is 2.30. The lowest BCUT2D eigenvalue weighted by atomic mass is 9.78. The lowest BCUT2D eigenvalue weighted by Crippen LogP contribution is -2.67. The van der Waals surface area contributed by atoms with E-state index < -0.39 is 17.4 Å². The summed E-state index contributed by atoms with van der Waals surface area (Å²) < 4.78 is 5.48. The summed E-state index contributed by atoms with van der Waals surface area (Å²) in [5.74, 6) is -1.24. The standard InChI is InChI=1S/C18H31N3O4/c1-11(16(23)21-9-7-20(6)8-10-21)14-13(15(22)19-14)12(2)25-17(24)18(3,4)5/h11-14H,7-10H2,1-6H3,(H,19,22)/t11-,12-,13-,14-/m1/s1. The van der Waals surface area contributed by atoms with Gasteiger partial charge >= 0.3 is 5.97 Å². The van der Waals surface area contributed by atoms with Crippen LogP contribution in [0.3, 0.4) is 0 Å². The third-order valence-electron chi connectivity index (χ3n) is 5.15. The fourth-order valence-electron chi connectivity index (χ4n) is 3.25. The minimum Gasteiger partial charge on any atom is -0.461 e. The molecule has 25 heavy (non-hydrogen) atoms. The number of hydrogen-bond donors (Lipinski definition) is 1. The number of nitrogens with one attached hydrogen (secondary N) is 1. The van der Waals surface area contributed by atoms with Gasteiger partial charge in [-0.2, -0.15) is 0 Å². The van der Waals surface area contributed by atoms with E-state index in [4.69, 9.17) is 4.74 Å². The minimum absolute atomic E-state index is 0.0532. The third kappa shape index (κ3) is 4.32. The summed E-state index contributed by atoms with van der Waals surface area (Å²) in [5, 5.41) is 2.83. The van der Waals surface area contributed by atoms with E-state index in [2.05, 4.69) is 10.2 Å². The van der Waals surface area contributed by atoms with E-state index in [1.165, 1.54) is 0 Å². The van der Waals surface area contributed by atoms with Crippen LogP contribution < -0.4 is 5.32 Å². The lowest BCUT2D eigenvalue weighted by molar-refractivity contribution is -0.167. The Morgan fingerprint density at radius 1 is 1.16 bits per heavy atom. The topological polar surface area (TPSA) is 78.9 Å². The van der Waals surface area contributed by atoms with Crippen molar-refractivity contribution in [1.82, 2.24) is 15.1 Å². The third-order valence-corrected chi connectivity index (χ3v) is 5.15. The molecular formula is C18H31N3O4. The van der Waals surface area contributed by atoms with E-state index in [-0.39, 0.29) is 29.7 Å². The minimum atomic E-state index is -0.620. The second-order valence-corrected chi connectivity index (χ2v) is 8.34. The van der Waals surface area contributed by atoms with Crippen LogP contribution >= 0.6 is 0 Å². The molecule has 4 atom stereocenters. The molecule has 1 N–H and O–H groups in total. The predicted molar refractivity (Wildman–Crippen MR) is 93.7 cm³/mol. The van der Waals surface area contributed by atoms with Crippen LogP contribution in [0.5, 0.6) is 0 Å². The van der Waals surface area contributed by atoms with E-state index in [1.54, 1.807) is 27.7 Å². The van der Waals surface area contributed by atoms with Gasteiger partial charge in [-0.3, -0.25) is 14.4 Å². The van der Waals surface area contributed by atoms with Gasteiger partial charge in [-0.25, -0.2) is 0 Å². The first-order valence-corrected chi connectivity index (χ1v) is 9.01. The number of carbonyl (C=O) groups excluding carboxylic acids is 3. The summed E-state index contributed by atoms with van der Waals surface area (Å²) in [4.78, 5) is 40.9. The van der Waals surface area contributed by atoms with Gasteiger partial charge in [-0.15, -0.1) is 0 Å². The molecule has 7 nitrogen and oxygen atoms in total. The van der Waals surface area contributed by atoms with Crippen molar-refractivity contribution < 1.29 is 19.1 Å². The number of likely N-dealkylation sites (N-methyl/N-ethyl adjacent to an activating group) is 1. The molecule has 2 fully saturated rings. The SMILES string of the molecule is C[C@@H](OC(=O)C(C)(C)C)[C@H]1C(=O)N[C@@H]1[C@@H](C)C(=O)N1CCN(C)CC1. The molecule has 0 spiro atoms. The molecule has 0 saturated carbocycles. The van der Waals surface area contributed by atoms with Crippen molar-refractivity contribution in [1.29, 1.82) is 0 Å². The zero-order valence-corrected chi connectivity index (χ0v) is 16.2. The van der Waals surface area contributed by atoms with Gasteiger partial charge in [0.15, 0.2) is 0 Å². The van der Waals surface area contributed by atoms with E-state index >= 15 is 0 Å². The summed E-state index contributed by atoms with van der Waals surface area (Å²) >= 11 is 0. The number of β-lactam (4-membered cyclic amide) rings is 1. The fraction of sp³-hybridized carbons (Fsp3) is 0.833. The lowest BCUT2D eigenvalue weighted by Gasteiger charge is -2.44. The molecule has 0 aromatic rings. The van der Waals surface area contributed by atoms with Gasteiger partial charge in [0, 0.05) is 26.2 Å². The van der Waals surface area contributed by atoms with Crippen LogP contribution in [0.1, 0.15) is 34.6 Å². The number of hydrogen-bond acceptors (Lipinski definition) is 5. The molecule has 0 radical (unpaired) electrons. The quantitative estimate of drug-likeness (QED) is 0.588. The van der Waals surface area contributed by atoms with Crippen molar-refractivity contribution in [3.05, 3.63) is 0 Å². The summed E-state index contributed by atoms with van der Waals surface area (Å²) in [6, 6.07) is -0.289. The first kappa shape index (κ1) is 19.7. The molecule has 2 aliphatic heterocycles. The molecular weight excluding hydrogens is 322 g/mol. The Morgan fingerprint density at radius 3 is 2.20 bits per heavy atom. The Kier molecular flexibility index (Phi) is 5.76. The molecule has 7 heteroatoms. The highest BCUT2D eigenvalue weighted by atomic mass is 16.5. The van der Waals surface area contributed by atoms with Crippen LogP contribution in [0, 0.1) is 17.3 Å². The van der Waals surface area contributed by atoms with Crippen LogP contribution in [0.15, 0.2) is 0 Å². The van der Waals surface area contributed by atoms with E-state index in [9.17, 15) is 14.4 Å². The molecule has 142 valence electrons. The molecule has 0 aromatic heterocycles. The Balaban J connectivity index is 1.97. The Hall–Kier alpha value is -1.63. The highest BCUT2D eigenvalue weighted by molar-refractivity contribution is 5.90. The van der Waals surface area contributed by atoms with Gasteiger partial charge in [-0.05, 0) is 34.7 Å². The van der Waals surface area contributed by atoms with Gasteiger partial charge < -0.3 is 19.9 Å². The number of nitrogens with zero attached hydrogens (tertiary/aromatic N) is 2. The normalized spacial score (nSPS) is 27.1. The molecule has 2 aliphatic rings. The Labute approximate surface area is 150 Å². The number of esters is 1. The molecule has 0 bridgehead atoms. The maximum absolute atomic E-state index is 12.7. The molecule has 0 unspecified atom stereocenters. The van der Waals surface area contributed by atoms with Crippen molar-refractivity contribution in [3.8, 4) is 0 Å². The van der Waals surface area contributed by atoms with Gasteiger partial charge in [0.25, 0.3) is 0 Å².